The number of amides is 1. The molecule has 2 rings (SSSR count). The smallest absolute Gasteiger partial charge is 0.407 e. The van der Waals surface area contributed by atoms with E-state index in [2.05, 4.69) is 31.2 Å². The zero-order valence-electron chi connectivity index (χ0n) is 17.6. The van der Waals surface area contributed by atoms with Gasteiger partial charge in [0.05, 0.1) is 15.6 Å². The molecular formula is C19H28BrClN4O4. The van der Waals surface area contributed by atoms with Crippen molar-refractivity contribution < 1.29 is 19.0 Å². The zero-order valence-corrected chi connectivity index (χ0v) is 19.9. The Balaban J connectivity index is 2.43. The minimum Gasteiger partial charge on any atom is -0.444 e. The van der Waals surface area contributed by atoms with Crippen LogP contribution in [0.1, 0.15) is 53.5 Å². The summed E-state index contributed by atoms with van der Waals surface area (Å²) in [4.78, 5) is 20.6. The number of nitrogens with one attached hydrogen (secondary N) is 1. The Morgan fingerprint density at radius 1 is 1.28 bits per heavy atom. The van der Waals surface area contributed by atoms with Crippen molar-refractivity contribution >= 4 is 44.7 Å². The maximum atomic E-state index is 12.2. The molecule has 29 heavy (non-hydrogen) atoms. The first-order valence-electron chi connectivity index (χ1n) is 9.49. The molecule has 2 aromatic heterocycles. The van der Waals surface area contributed by atoms with Crippen molar-refractivity contribution in [2.45, 2.75) is 66.0 Å². The van der Waals surface area contributed by atoms with Crippen LogP contribution in [0.4, 0.5) is 4.79 Å². The third kappa shape index (κ3) is 6.04. The summed E-state index contributed by atoms with van der Waals surface area (Å²) < 4.78 is 19.6. The number of carbonyl (C=O) groups excluding carboxylic acids is 1. The molecule has 0 saturated heterocycles. The average Bonchev–Trinajstić information content (AvgIpc) is 2.86. The first kappa shape index (κ1) is 23.9. The van der Waals surface area contributed by atoms with Crippen molar-refractivity contribution in [3.63, 3.8) is 0 Å². The fraction of sp³-hybridized carbons (Fsp3) is 0.632. The number of rotatable bonds is 8. The Labute approximate surface area is 184 Å². The van der Waals surface area contributed by atoms with E-state index in [9.17, 15) is 4.79 Å². The Morgan fingerprint density at radius 2 is 1.90 bits per heavy atom. The van der Waals surface area contributed by atoms with E-state index < -0.39 is 18.0 Å². The van der Waals surface area contributed by atoms with E-state index in [1.807, 2.05) is 46.1 Å². The maximum Gasteiger partial charge on any atom is 0.407 e. The summed E-state index contributed by atoms with van der Waals surface area (Å²) >= 11 is 9.95. The predicted molar refractivity (Wildman–Crippen MR) is 115 cm³/mol. The summed E-state index contributed by atoms with van der Waals surface area (Å²) in [5, 5.41) is 3.83. The van der Waals surface area contributed by atoms with Crippen LogP contribution in [0.5, 0.6) is 0 Å². The number of hydrogen-bond acceptors (Lipinski definition) is 6. The number of alkyl carbamates (subject to hydrolysis) is 1. The van der Waals surface area contributed by atoms with Gasteiger partial charge in [-0.15, -0.1) is 0 Å². The highest BCUT2D eigenvalue weighted by Crippen LogP contribution is 2.38. The molecule has 0 bridgehead atoms. The van der Waals surface area contributed by atoms with Crippen molar-refractivity contribution in [3.8, 4) is 0 Å². The summed E-state index contributed by atoms with van der Waals surface area (Å²) in [6.07, 6.45) is 0.291. The summed E-state index contributed by atoms with van der Waals surface area (Å²) in [7, 11) is 0. The number of carbonyl (C=O) groups is 1. The number of hydrogen-bond donors (Lipinski definition) is 1. The van der Waals surface area contributed by atoms with Gasteiger partial charge in [-0.2, -0.15) is 0 Å². The molecule has 1 unspecified atom stereocenters. The van der Waals surface area contributed by atoms with Crippen LogP contribution in [-0.4, -0.2) is 45.5 Å². The van der Waals surface area contributed by atoms with Crippen LogP contribution in [0.15, 0.2) is 10.8 Å². The lowest BCUT2D eigenvalue weighted by Gasteiger charge is -2.24. The quantitative estimate of drug-likeness (QED) is 0.420. The summed E-state index contributed by atoms with van der Waals surface area (Å²) in [5.41, 5.74) is 0.770. The second-order valence-corrected chi connectivity index (χ2v) is 8.61. The zero-order chi connectivity index (χ0) is 21.8. The number of ether oxygens (including phenoxy) is 3. The third-order valence-electron chi connectivity index (χ3n) is 3.85. The van der Waals surface area contributed by atoms with Crippen LogP contribution in [0.2, 0.25) is 5.15 Å². The molecule has 0 fully saturated rings. The molecule has 1 amide bonds. The molecule has 0 aliphatic rings. The second-order valence-electron chi connectivity index (χ2n) is 7.46. The lowest BCUT2D eigenvalue weighted by molar-refractivity contribution is -0.144. The van der Waals surface area contributed by atoms with Crippen LogP contribution in [-0.2, 0) is 20.8 Å². The Morgan fingerprint density at radius 3 is 2.45 bits per heavy atom. The second kappa shape index (κ2) is 10.1. The van der Waals surface area contributed by atoms with Crippen LogP contribution >= 0.6 is 27.5 Å². The van der Waals surface area contributed by atoms with E-state index in [0.29, 0.717) is 40.4 Å². The molecule has 1 atom stereocenters. The molecule has 2 aromatic rings. The molecule has 0 saturated carbocycles. The van der Waals surface area contributed by atoms with E-state index in [0.717, 1.165) is 5.69 Å². The van der Waals surface area contributed by atoms with E-state index >= 15 is 0 Å². The van der Waals surface area contributed by atoms with Crippen molar-refractivity contribution in [2.24, 2.45) is 0 Å². The van der Waals surface area contributed by atoms with Crippen LogP contribution < -0.4 is 5.32 Å². The van der Waals surface area contributed by atoms with Crippen LogP contribution in [0.3, 0.4) is 0 Å². The molecular weight excluding hydrogens is 464 g/mol. The highest BCUT2D eigenvalue weighted by molar-refractivity contribution is 9.10. The summed E-state index contributed by atoms with van der Waals surface area (Å²) in [6, 6.07) is -0.260. The first-order valence-corrected chi connectivity index (χ1v) is 10.7. The van der Waals surface area contributed by atoms with Gasteiger partial charge in [0, 0.05) is 25.8 Å². The lowest BCUT2D eigenvalue weighted by Crippen LogP contribution is -2.40. The Kier molecular flexibility index (Phi) is 8.28. The highest BCUT2D eigenvalue weighted by atomic mass is 79.9. The summed E-state index contributed by atoms with van der Waals surface area (Å²) in [5.74, 6) is 0. The predicted octanol–water partition coefficient (Wildman–Crippen LogP) is 4.83. The van der Waals surface area contributed by atoms with Crippen molar-refractivity contribution in [1.29, 1.82) is 0 Å². The van der Waals surface area contributed by atoms with Gasteiger partial charge in [0.2, 0.25) is 0 Å². The van der Waals surface area contributed by atoms with Gasteiger partial charge in [-0.1, -0.05) is 11.6 Å². The highest BCUT2D eigenvalue weighted by Gasteiger charge is 2.28. The first-order chi connectivity index (χ1) is 13.6. The topological polar surface area (TPSA) is 87.5 Å². The molecule has 2 heterocycles. The number of fused-ring (bicyclic) bond motifs is 1. The minimum atomic E-state index is -0.627. The molecule has 0 aliphatic heterocycles. The van der Waals surface area contributed by atoms with E-state index in [1.54, 1.807) is 0 Å². The van der Waals surface area contributed by atoms with Gasteiger partial charge >= 0.3 is 6.09 Å². The molecule has 1 N–H and O–H groups in total. The number of aromatic nitrogens is 3. The normalized spacial score (nSPS) is 13.1. The van der Waals surface area contributed by atoms with Crippen molar-refractivity contribution in [3.05, 3.63) is 21.6 Å². The van der Waals surface area contributed by atoms with Crippen molar-refractivity contribution in [1.82, 2.24) is 19.9 Å². The molecule has 0 spiro atoms. The Hall–Kier alpha value is -1.42. The number of halogens is 2. The SMILES string of the molecule is CCOC(OCC)c1c(Br)c2c(Cl)ncnc2n1CC(C)NC(=O)OC(C)(C)C. The largest absolute Gasteiger partial charge is 0.444 e. The van der Waals surface area contributed by atoms with Crippen molar-refractivity contribution in [2.75, 3.05) is 13.2 Å². The van der Waals surface area contributed by atoms with Crippen LogP contribution in [0, 0.1) is 0 Å². The van der Waals surface area contributed by atoms with Gasteiger partial charge in [-0.05, 0) is 57.5 Å². The van der Waals surface area contributed by atoms with Gasteiger partial charge in [0.1, 0.15) is 22.7 Å². The van der Waals surface area contributed by atoms with Gasteiger partial charge in [0.15, 0.2) is 6.29 Å². The molecule has 162 valence electrons. The molecule has 0 radical (unpaired) electrons. The van der Waals surface area contributed by atoms with E-state index in [-0.39, 0.29) is 6.04 Å². The average molecular weight is 492 g/mol. The standard InChI is InChI=1S/C19H28BrClN4O4/c1-7-27-17(28-8-2)14-13(20)12-15(21)22-10-23-16(12)25(14)9-11(3)24-18(26)29-19(4,5)6/h10-11,17H,7-9H2,1-6H3,(H,24,26). The molecule has 0 aliphatic carbocycles. The monoisotopic (exact) mass is 490 g/mol. The fourth-order valence-corrected chi connectivity index (χ4v) is 3.96. The van der Waals surface area contributed by atoms with Crippen LogP contribution in [0.25, 0.3) is 11.0 Å². The van der Waals surface area contributed by atoms with Gasteiger partial charge in [-0.3, -0.25) is 0 Å². The summed E-state index contributed by atoms with van der Waals surface area (Å²) in [6.45, 7) is 12.5. The van der Waals surface area contributed by atoms with Gasteiger partial charge in [-0.25, -0.2) is 14.8 Å². The third-order valence-corrected chi connectivity index (χ3v) is 4.94. The molecule has 8 nitrogen and oxygen atoms in total. The maximum absolute atomic E-state index is 12.2. The number of nitrogens with zero attached hydrogens (tertiary/aromatic N) is 3. The van der Waals surface area contributed by atoms with E-state index in [4.69, 9.17) is 25.8 Å². The molecule has 0 aromatic carbocycles. The molecule has 10 heteroatoms. The fourth-order valence-electron chi connectivity index (χ4n) is 2.86. The van der Waals surface area contributed by atoms with E-state index in [1.165, 1.54) is 6.33 Å². The van der Waals surface area contributed by atoms with Gasteiger partial charge in [0.25, 0.3) is 0 Å². The minimum absolute atomic E-state index is 0.260. The van der Waals surface area contributed by atoms with Gasteiger partial charge < -0.3 is 24.1 Å². The Bertz CT molecular complexity index is 847. The lowest BCUT2D eigenvalue weighted by atomic mass is 10.2.